The molecule has 1 aliphatic rings. The van der Waals surface area contributed by atoms with E-state index in [1.807, 2.05) is 0 Å². The third-order valence-corrected chi connectivity index (χ3v) is 1.67. The number of nitrogens with zero attached hydrogens (tertiary/aromatic N) is 3. The van der Waals surface area contributed by atoms with Gasteiger partial charge in [-0.1, -0.05) is 0 Å². The van der Waals surface area contributed by atoms with Crippen LogP contribution in [0, 0.1) is 0 Å². The van der Waals surface area contributed by atoms with E-state index >= 15 is 0 Å². The highest BCUT2D eigenvalue weighted by Gasteiger charge is 2.05. The maximum absolute atomic E-state index is 10.0. The Bertz CT molecular complexity index is 210. The maximum atomic E-state index is 10.0. The zero-order chi connectivity index (χ0) is 10.1. The Morgan fingerprint density at radius 1 is 1.21 bits per heavy atom. The lowest BCUT2D eigenvalue weighted by Crippen LogP contribution is -2.34. The average molecular weight is 195 g/mol. The van der Waals surface area contributed by atoms with E-state index in [2.05, 4.69) is 9.97 Å². The summed E-state index contributed by atoms with van der Waals surface area (Å²) in [5.74, 6) is 0. The zero-order valence-corrected chi connectivity index (χ0v) is 7.87. The minimum absolute atomic E-state index is 0.693. The minimum Gasteiger partial charge on any atom is -0.378 e. The molecule has 0 saturated carbocycles. The SMILES string of the molecule is O=CN1CCOCC1.c1cncnc1. The predicted molar refractivity (Wildman–Crippen MR) is 50.5 cm³/mol. The second-order valence-electron chi connectivity index (χ2n) is 2.66. The molecule has 0 radical (unpaired) electrons. The van der Waals surface area contributed by atoms with E-state index in [1.165, 1.54) is 6.33 Å². The zero-order valence-electron chi connectivity index (χ0n) is 7.87. The molecule has 0 atom stereocenters. The van der Waals surface area contributed by atoms with E-state index in [0.717, 1.165) is 19.5 Å². The number of amides is 1. The number of aromatic nitrogens is 2. The largest absolute Gasteiger partial charge is 0.378 e. The normalized spacial score (nSPS) is 15.3. The second-order valence-corrected chi connectivity index (χ2v) is 2.66. The molecular weight excluding hydrogens is 182 g/mol. The first-order valence-corrected chi connectivity index (χ1v) is 4.40. The van der Waals surface area contributed by atoms with Crippen LogP contribution < -0.4 is 0 Å². The molecule has 14 heavy (non-hydrogen) atoms. The lowest BCUT2D eigenvalue weighted by atomic mass is 10.5. The van der Waals surface area contributed by atoms with Crippen molar-refractivity contribution in [2.75, 3.05) is 26.3 Å². The lowest BCUT2D eigenvalue weighted by molar-refractivity contribution is -0.121. The van der Waals surface area contributed by atoms with Crippen molar-refractivity contribution in [2.45, 2.75) is 0 Å². The fourth-order valence-electron chi connectivity index (χ4n) is 0.936. The van der Waals surface area contributed by atoms with Gasteiger partial charge in [-0.2, -0.15) is 0 Å². The summed E-state index contributed by atoms with van der Waals surface area (Å²) in [6.07, 6.45) is 5.74. The van der Waals surface area contributed by atoms with Gasteiger partial charge in [-0.05, 0) is 6.07 Å². The van der Waals surface area contributed by atoms with Crippen molar-refractivity contribution in [3.63, 3.8) is 0 Å². The number of carbonyl (C=O) groups is 1. The Morgan fingerprint density at radius 3 is 2.14 bits per heavy atom. The number of morpholine rings is 1. The molecule has 0 N–H and O–H groups in total. The summed E-state index contributed by atoms with van der Waals surface area (Å²) in [7, 11) is 0. The van der Waals surface area contributed by atoms with Crippen LogP contribution in [0.3, 0.4) is 0 Å². The van der Waals surface area contributed by atoms with Gasteiger partial charge in [0.05, 0.1) is 13.2 Å². The van der Waals surface area contributed by atoms with Crippen LogP contribution >= 0.6 is 0 Å². The third kappa shape index (κ3) is 4.51. The van der Waals surface area contributed by atoms with Crippen LogP contribution in [0.2, 0.25) is 0 Å². The maximum Gasteiger partial charge on any atom is 0.209 e. The Balaban J connectivity index is 0.000000146. The summed E-state index contributed by atoms with van der Waals surface area (Å²) < 4.78 is 5.00. The standard InChI is InChI=1S/C5H9NO2.C4H4N2/c7-5-6-1-3-8-4-2-6;1-2-5-4-6-3-1/h5H,1-4H2;1-4H. The molecule has 0 spiro atoms. The molecule has 1 saturated heterocycles. The summed E-state index contributed by atoms with van der Waals surface area (Å²) >= 11 is 0. The van der Waals surface area contributed by atoms with Crippen LogP contribution in [-0.2, 0) is 9.53 Å². The van der Waals surface area contributed by atoms with Gasteiger partial charge in [0.1, 0.15) is 6.33 Å². The molecule has 2 heterocycles. The lowest BCUT2D eigenvalue weighted by Gasteiger charge is -2.21. The molecule has 1 amide bonds. The topological polar surface area (TPSA) is 55.3 Å². The van der Waals surface area contributed by atoms with Crippen molar-refractivity contribution in [2.24, 2.45) is 0 Å². The van der Waals surface area contributed by atoms with Crippen molar-refractivity contribution in [1.82, 2.24) is 14.9 Å². The molecule has 1 aromatic heterocycles. The van der Waals surface area contributed by atoms with E-state index in [4.69, 9.17) is 4.74 Å². The molecule has 0 aromatic carbocycles. The monoisotopic (exact) mass is 195 g/mol. The van der Waals surface area contributed by atoms with Gasteiger partial charge in [-0.25, -0.2) is 9.97 Å². The number of hydrogen-bond donors (Lipinski definition) is 0. The average Bonchev–Trinajstić information content (AvgIpc) is 2.33. The van der Waals surface area contributed by atoms with Gasteiger partial charge in [0.2, 0.25) is 6.41 Å². The molecular formula is C9H13N3O2. The molecule has 76 valence electrons. The number of rotatable bonds is 1. The first-order valence-electron chi connectivity index (χ1n) is 4.40. The molecule has 0 aliphatic carbocycles. The summed E-state index contributed by atoms with van der Waals surface area (Å²) in [6, 6.07) is 1.78. The van der Waals surface area contributed by atoms with E-state index < -0.39 is 0 Å². The molecule has 1 aliphatic heterocycles. The Hall–Kier alpha value is -1.49. The quantitative estimate of drug-likeness (QED) is 0.590. The predicted octanol–water partition coefficient (Wildman–Crippen LogP) is -0.0484. The van der Waals surface area contributed by atoms with Crippen LogP contribution in [-0.4, -0.2) is 47.6 Å². The van der Waals surface area contributed by atoms with Crippen molar-refractivity contribution < 1.29 is 9.53 Å². The summed E-state index contributed by atoms with van der Waals surface area (Å²) in [6.45, 7) is 2.89. The molecule has 5 nitrogen and oxygen atoms in total. The number of carbonyl (C=O) groups excluding carboxylic acids is 1. The van der Waals surface area contributed by atoms with Gasteiger partial charge >= 0.3 is 0 Å². The highest BCUT2D eigenvalue weighted by molar-refractivity contribution is 5.46. The van der Waals surface area contributed by atoms with E-state index in [0.29, 0.717) is 13.2 Å². The van der Waals surface area contributed by atoms with Gasteiger partial charge in [-0.15, -0.1) is 0 Å². The molecule has 1 fully saturated rings. The van der Waals surface area contributed by atoms with Gasteiger partial charge in [-0.3, -0.25) is 4.79 Å². The van der Waals surface area contributed by atoms with Crippen molar-refractivity contribution >= 4 is 6.41 Å². The Morgan fingerprint density at radius 2 is 1.86 bits per heavy atom. The Labute approximate surface area is 82.7 Å². The fourth-order valence-corrected chi connectivity index (χ4v) is 0.936. The second kappa shape index (κ2) is 6.97. The molecule has 0 unspecified atom stereocenters. The van der Waals surface area contributed by atoms with E-state index in [1.54, 1.807) is 23.4 Å². The van der Waals surface area contributed by atoms with Crippen molar-refractivity contribution in [3.8, 4) is 0 Å². The Kier molecular flexibility index (Phi) is 5.27. The highest BCUT2D eigenvalue weighted by Crippen LogP contribution is 1.90. The van der Waals surface area contributed by atoms with Gasteiger partial charge in [0, 0.05) is 25.5 Å². The van der Waals surface area contributed by atoms with Crippen LogP contribution in [0.5, 0.6) is 0 Å². The van der Waals surface area contributed by atoms with E-state index in [9.17, 15) is 4.79 Å². The number of hydrogen-bond acceptors (Lipinski definition) is 4. The number of ether oxygens (including phenoxy) is 1. The molecule has 5 heteroatoms. The van der Waals surface area contributed by atoms with Crippen molar-refractivity contribution in [1.29, 1.82) is 0 Å². The molecule has 0 bridgehead atoms. The van der Waals surface area contributed by atoms with Crippen LogP contribution in [0.4, 0.5) is 0 Å². The smallest absolute Gasteiger partial charge is 0.209 e. The van der Waals surface area contributed by atoms with Gasteiger partial charge < -0.3 is 9.64 Å². The molecule has 2 rings (SSSR count). The first kappa shape index (κ1) is 10.6. The summed E-state index contributed by atoms with van der Waals surface area (Å²) in [5.41, 5.74) is 0. The molecule has 1 aromatic rings. The van der Waals surface area contributed by atoms with Gasteiger partial charge in [0.25, 0.3) is 0 Å². The minimum atomic E-state index is 0.693. The van der Waals surface area contributed by atoms with Crippen molar-refractivity contribution in [3.05, 3.63) is 24.8 Å². The summed E-state index contributed by atoms with van der Waals surface area (Å²) in [4.78, 5) is 19.1. The van der Waals surface area contributed by atoms with E-state index in [-0.39, 0.29) is 0 Å². The third-order valence-electron chi connectivity index (χ3n) is 1.67. The van der Waals surface area contributed by atoms with Crippen LogP contribution in [0.1, 0.15) is 0 Å². The van der Waals surface area contributed by atoms with Crippen LogP contribution in [0.15, 0.2) is 24.8 Å². The summed E-state index contributed by atoms with van der Waals surface area (Å²) in [5, 5.41) is 0. The van der Waals surface area contributed by atoms with Crippen LogP contribution in [0.25, 0.3) is 0 Å². The fraction of sp³-hybridized carbons (Fsp3) is 0.444. The van der Waals surface area contributed by atoms with Gasteiger partial charge in [0.15, 0.2) is 0 Å². The highest BCUT2D eigenvalue weighted by atomic mass is 16.5. The first-order chi connectivity index (χ1) is 6.93.